The Morgan fingerprint density at radius 3 is 3.04 bits per heavy atom. The van der Waals surface area contributed by atoms with Crippen LogP contribution < -0.4 is 15.4 Å². The van der Waals surface area contributed by atoms with E-state index in [9.17, 15) is 4.79 Å². The number of benzene rings is 1. The van der Waals surface area contributed by atoms with Crippen molar-refractivity contribution in [3.05, 3.63) is 40.9 Å². The molecule has 2 aromatic rings. The van der Waals surface area contributed by atoms with Crippen molar-refractivity contribution >= 4 is 22.5 Å². The van der Waals surface area contributed by atoms with Crippen LogP contribution in [0.3, 0.4) is 0 Å². The molecular formula is C16H20N4O2S. The lowest BCUT2D eigenvalue weighted by molar-refractivity contribution is 0.247. The molecular weight excluding hydrogens is 312 g/mol. The molecule has 0 bridgehead atoms. The molecule has 122 valence electrons. The number of fused-ring (bicyclic) bond motifs is 1. The van der Waals surface area contributed by atoms with Crippen LogP contribution >= 0.6 is 11.3 Å². The maximum Gasteiger partial charge on any atom is 0.321 e. The summed E-state index contributed by atoms with van der Waals surface area (Å²) < 4.78 is 5.52. The van der Waals surface area contributed by atoms with Gasteiger partial charge in [0.15, 0.2) is 5.13 Å². The summed E-state index contributed by atoms with van der Waals surface area (Å²) in [5.41, 5.74) is 1.11. The van der Waals surface area contributed by atoms with Crippen molar-refractivity contribution in [2.24, 2.45) is 0 Å². The molecule has 0 radical (unpaired) electrons. The molecule has 2 heterocycles. The number of hydrogen-bond acceptors (Lipinski definition) is 5. The third kappa shape index (κ3) is 4.43. The largest absolute Gasteiger partial charge is 0.492 e. The van der Waals surface area contributed by atoms with Crippen LogP contribution in [0.4, 0.5) is 9.93 Å². The van der Waals surface area contributed by atoms with Gasteiger partial charge in [-0.05, 0) is 19.2 Å². The summed E-state index contributed by atoms with van der Waals surface area (Å²) >= 11 is 1.55. The van der Waals surface area contributed by atoms with Gasteiger partial charge in [0, 0.05) is 24.4 Å². The van der Waals surface area contributed by atoms with Crippen molar-refractivity contribution in [2.45, 2.75) is 13.0 Å². The standard InChI is InChI=1S/C16H20N4O2S/c1-20-9-7-13-14(11-20)23-16(18-13)19-15(21)17-8-10-22-12-5-3-2-4-6-12/h2-6H,7-11H2,1H3,(H2,17,18,19,21). The van der Waals surface area contributed by atoms with Crippen LogP contribution in [0.1, 0.15) is 10.6 Å². The number of rotatable bonds is 5. The number of amides is 2. The van der Waals surface area contributed by atoms with Crippen LogP contribution in [0, 0.1) is 0 Å². The Morgan fingerprint density at radius 2 is 2.22 bits per heavy atom. The van der Waals surface area contributed by atoms with Gasteiger partial charge in [0.2, 0.25) is 0 Å². The number of ether oxygens (including phenoxy) is 1. The highest BCUT2D eigenvalue weighted by Crippen LogP contribution is 2.27. The van der Waals surface area contributed by atoms with E-state index in [1.165, 1.54) is 4.88 Å². The van der Waals surface area contributed by atoms with Gasteiger partial charge in [-0.25, -0.2) is 9.78 Å². The highest BCUT2D eigenvalue weighted by molar-refractivity contribution is 7.15. The first kappa shape index (κ1) is 15.8. The van der Waals surface area contributed by atoms with E-state index < -0.39 is 0 Å². The number of hydrogen-bond donors (Lipinski definition) is 2. The van der Waals surface area contributed by atoms with E-state index in [2.05, 4.69) is 27.6 Å². The average molecular weight is 332 g/mol. The van der Waals surface area contributed by atoms with Crippen molar-refractivity contribution < 1.29 is 9.53 Å². The van der Waals surface area contributed by atoms with Gasteiger partial charge < -0.3 is 15.0 Å². The molecule has 1 aromatic carbocycles. The van der Waals surface area contributed by atoms with Gasteiger partial charge in [0.1, 0.15) is 12.4 Å². The Morgan fingerprint density at radius 1 is 1.39 bits per heavy atom. The van der Waals surface area contributed by atoms with E-state index >= 15 is 0 Å². The Bertz CT molecular complexity index is 659. The zero-order valence-electron chi connectivity index (χ0n) is 13.0. The Balaban J connectivity index is 1.41. The van der Waals surface area contributed by atoms with Gasteiger partial charge in [-0.2, -0.15) is 0 Å². The third-order valence-electron chi connectivity index (χ3n) is 3.54. The van der Waals surface area contributed by atoms with E-state index in [-0.39, 0.29) is 6.03 Å². The topological polar surface area (TPSA) is 66.5 Å². The summed E-state index contributed by atoms with van der Waals surface area (Å²) in [7, 11) is 2.09. The van der Waals surface area contributed by atoms with Crippen molar-refractivity contribution in [1.82, 2.24) is 15.2 Å². The predicted octanol–water partition coefficient (Wildman–Crippen LogP) is 2.33. The lowest BCUT2D eigenvalue weighted by atomic mass is 10.2. The van der Waals surface area contributed by atoms with Crippen molar-refractivity contribution in [2.75, 3.05) is 32.1 Å². The highest BCUT2D eigenvalue weighted by Gasteiger charge is 2.18. The molecule has 0 atom stereocenters. The monoisotopic (exact) mass is 332 g/mol. The van der Waals surface area contributed by atoms with Crippen molar-refractivity contribution in [3.8, 4) is 5.75 Å². The first-order valence-electron chi connectivity index (χ1n) is 7.60. The number of anilines is 1. The van der Waals surface area contributed by atoms with E-state index in [0.717, 1.165) is 31.0 Å². The lowest BCUT2D eigenvalue weighted by Crippen LogP contribution is -2.32. The second-order valence-corrected chi connectivity index (χ2v) is 6.50. The minimum Gasteiger partial charge on any atom is -0.492 e. The first-order valence-corrected chi connectivity index (χ1v) is 8.42. The summed E-state index contributed by atoms with van der Waals surface area (Å²) in [6, 6.07) is 9.29. The molecule has 0 fully saturated rings. The Hall–Kier alpha value is -2.12. The van der Waals surface area contributed by atoms with Crippen LogP contribution in [0.5, 0.6) is 5.75 Å². The molecule has 1 aliphatic heterocycles. The summed E-state index contributed by atoms with van der Waals surface area (Å²) in [5.74, 6) is 0.798. The molecule has 2 N–H and O–H groups in total. The molecule has 0 saturated heterocycles. The number of carbonyl (C=O) groups excluding carboxylic acids is 1. The van der Waals surface area contributed by atoms with Crippen LogP contribution in [-0.4, -0.2) is 42.7 Å². The molecule has 2 amide bonds. The fourth-order valence-electron chi connectivity index (χ4n) is 2.37. The van der Waals surface area contributed by atoms with Gasteiger partial charge in [0.25, 0.3) is 0 Å². The number of thiazole rings is 1. The van der Waals surface area contributed by atoms with Gasteiger partial charge in [-0.1, -0.05) is 18.2 Å². The number of nitrogens with one attached hydrogen (secondary N) is 2. The van der Waals surface area contributed by atoms with Gasteiger partial charge >= 0.3 is 6.03 Å². The number of nitrogens with zero attached hydrogens (tertiary/aromatic N) is 2. The summed E-state index contributed by atoms with van der Waals surface area (Å²) in [6.07, 6.45) is 0.941. The maximum absolute atomic E-state index is 11.9. The minimum absolute atomic E-state index is 0.249. The number of para-hydroxylation sites is 1. The number of likely N-dealkylation sites (N-methyl/N-ethyl adjacent to an activating group) is 1. The van der Waals surface area contributed by atoms with E-state index in [1.54, 1.807) is 11.3 Å². The zero-order valence-corrected chi connectivity index (χ0v) is 13.9. The lowest BCUT2D eigenvalue weighted by Gasteiger charge is -2.20. The number of carbonyl (C=O) groups is 1. The van der Waals surface area contributed by atoms with Gasteiger partial charge in [0.05, 0.1) is 12.2 Å². The van der Waals surface area contributed by atoms with Crippen molar-refractivity contribution in [3.63, 3.8) is 0 Å². The smallest absolute Gasteiger partial charge is 0.321 e. The molecule has 1 aliphatic rings. The van der Waals surface area contributed by atoms with Gasteiger partial charge in [-0.3, -0.25) is 5.32 Å². The van der Waals surface area contributed by atoms with Gasteiger partial charge in [-0.15, -0.1) is 11.3 Å². The molecule has 1 aromatic heterocycles. The molecule has 0 spiro atoms. The Kier molecular flexibility index (Phi) is 5.09. The summed E-state index contributed by atoms with van der Waals surface area (Å²) in [4.78, 5) is 19.9. The minimum atomic E-state index is -0.249. The molecule has 3 rings (SSSR count). The molecule has 0 unspecified atom stereocenters. The molecule has 23 heavy (non-hydrogen) atoms. The predicted molar refractivity (Wildman–Crippen MR) is 91.1 cm³/mol. The molecule has 6 nitrogen and oxygen atoms in total. The molecule has 0 saturated carbocycles. The van der Waals surface area contributed by atoms with Crippen LogP contribution in [-0.2, 0) is 13.0 Å². The van der Waals surface area contributed by atoms with E-state index in [1.807, 2.05) is 30.3 Å². The highest BCUT2D eigenvalue weighted by atomic mass is 32.1. The average Bonchev–Trinajstić information content (AvgIpc) is 2.94. The quantitative estimate of drug-likeness (QED) is 0.825. The van der Waals surface area contributed by atoms with E-state index in [4.69, 9.17) is 4.74 Å². The maximum atomic E-state index is 11.9. The van der Waals surface area contributed by atoms with Crippen LogP contribution in [0.2, 0.25) is 0 Å². The second-order valence-electron chi connectivity index (χ2n) is 5.42. The number of urea groups is 1. The van der Waals surface area contributed by atoms with Crippen molar-refractivity contribution in [1.29, 1.82) is 0 Å². The van der Waals surface area contributed by atoms with Crippen LogP contribution in [0.15, 0.2) is 30.3 Å². The SMILES string of the molecule is CN1CCc2nc(NC(=O)NCCOc3ccccc3)sc2C1. The summed E-state index contributed by atoms with van der Waals surface area (Å²) in [5, 5.41) is 6.23. The summed E-state index contributed by atoms with van der Waals surface area (Å²) in [6.45, 7) is 2.78. The Labute approximate surface area is 139 Å². The normalized spacial score (nSPS) is 14.1. The zero-order chi connectivity index (χ0) is 16.1. The first-order chi connectivity index (χ1) is 11.2. The molecule has 7 heteroatoms. The second kappa shape index (κ2) is 7.43. The molecule has 0 aliphatic carbocycles. The fourth-order valence-corrected chi connectivity index (χ4v) is 3.45. The number of aromatic nitrogens is 1. The van der Waals surface area contributed by atoms with Crippen LogP contribution in [0.25, 0.3) is 0 Å². The van der Waals surface area contributed by atoms with E-state index in [0.29, 0.717) is 18.3 Å². The third-order valence-corrected chi connectivity index (χ3v) is 4.54. The fraction of sp³-hybridized carbons (Fsp3) is 0.375.